The smallest absolute Gasteiger partial charge is 0.0431 e. The van der Waals surface area contributed by atoms with Gasteiger partial charge >= 0.3 is 0 Å². The van der Waals surface area contributed by atoms with Gasteiger partial charge in [0, 0.05) is 19.2 Å². The molecule has 1 aliphatic rings. The van der Waals surface area contributed by atoms with Gasteiger partial charge in [0.1, 0.15) is 0 Å². The highest BCUT2D eigenvalue weighted by molar-refractivity contribution is 4.77. The Morgan fingerprint density at radius 2 is 2.31 bits per heavy atom. The first-order valence-electron chi connectivity index (χ1n) is 6.82. The maximum atomic E-state index is 8.75. The minimum Gasteiger partial charge on any atom is -0.396 e. The van der Waals surface area contributed by atoms with Crippen LogP contribution in [0.15, 0.2) is 0 Å². The number of hydrogen-bond donors (Lipinski definition) is 2. The predicted molar refractivity (Wildman–Crippen MR) is 68.6 cm³/mol. The third-order valence-corrected chi connectivity index (χ3v) is 3.46. The van der Waals surface area contributed by atoms with Crippen LogP contribution in [0.5, 0.6) is 0 Å². The summed E-state index contributed by atoms with van der Waals surface area (Å²) >= 11 is 0. The van der Waals surface area contributed by atoms with E-state index >= 15 is 0 Å². The second-order valence-electron chi connectivity index (χ2n) is 5.13. The summed E-state index contributed by atoms with van der Waals surface area (Å²) in [6.45, 7) is 9.75. The summed E-state index contributed by atoms with van der Waals surface area (Å²) in [5.74, 6) is 0.836. The Balaban J connectivity index is 2.05. The first-order valence-corrected chi connectivity index (χ1v) is 6.82. The predicted octanol–water partition coefficient (Wildman–Crippen LogP) is 1.47. The summed E-state index contributed by atoms with van der Waals surface area (Å²) in [6.07, 6.45) is 4.62. The number of nitrogens with one attached hydrogen (secondary N) is 1. The Morgan fingerprint density at radius 3 is 3.00 bits per heavy atom. The van der Waals surface area contributed by atoms with Crippen LogP contribution in [-0.4, -0.2) is 48.8 Å². The fourth-order valence-electron chi connectivity index (χ4n) is 2.47. The van der Waals surface area contributed by atoms with E-state index in [4.69, 9.17) is 5.11 Å². The first kappa shape index (κ1) is 13.9. The highest BCUT2D eigenvalue weighted by Gasteiger charge is 2.21. The van der Waals surface area contributed by atoms with E-state index in [2.05, 4.69) is 24.1 Å². The maximum absolute atomic E-state index is 8.75. The zero-order chi connectivity index (χ0) is 11.8. The average molecular weight is 228 g/mol. The molecule has 0 amide bonds. The van der Waals surface area contributed by atoms with E-state index in [0.717, 1.165) is 25.3 Å². The summed E-state index contributed by atoms with van der Waals surface area (Å²) in [5.41, 5.74) is 0. The molecule has 1 fully saturated rings. The van der Waals surface area contributed by atoms with E-state index in [1.54, 1.807) is 0 Å². The van der Waals surface area contributed by atoms with Gasteiger partial charge in [-0.05, 0) is 58.2 Å². The number of hydrogen-bond acceptors (Lipinski definition) is 3. The van der Waals surface area contributed by atoms with Gasteiger partial charge in [-0.15, -0.1) is 0 Å². The van der Waals surface area contributed by atoms with Gasteiger partial charge in [0.25, 0.3) is 0 Å². The molecule has 0 saturated carbocycles. The van der Waals surface area contributed by atoms with Crippen molar-refractivity contribution in [1.82, 2.24) is 10.2 Å². The zero-order valence-corrected chi connectivity index (χ0v) is 10.9. The van der Waals surface area contributed by atoms with Crippen LogP contribution in [0.1, 0.15) is 39.5 Å². The molecule has 0 aliphatic carbocycles. The Kier molecular flexibility index (Phi) is 7.01. The van der Waals surface area contributed by atoms with Crippen molar-refractivity contribution in [3.8, 4) is 0 Å². The molecular weight excluding hydrogens is 200 g/mol. The summed E-state index contributed by atoms with van der Waals surface area (Å²) < 4.78 is 0. The van der Waals surface area contributed by atoms with E-state index in [-0.39, 0.29) is 0 Å². The van der Waals surface area contributed by atoms with Gasteiger partial charge in [-0.1, -0.05) is 6.92 Å². The van der Waals surface area contributed by atoms with Crippen LogP contribution in [0.3, 0.4) is 0 Å². The number of likely N-dealkylation sites (tertiary alicyclic amines) is 1. The molecular formula is C13H28N2O. The SMILES string of the molecule is CCCN1CCC(CNC(C)CCCO)C1. The average Bonchev–Trinajstić information content (AvgIpc) is 2.72. The van der Waals surface area contributed by atoms with Crippen LogP contribution in [0.2, 0.25) is 0 Å². The molecule has 1 saturated heterocycles. The lowest BCUT2D eigenvalue weighted by molar-refractivity contribution is 0.274. The van der Waals surface area contributed by atoms with Gasteiger partial charge < -0.3 is 15.3 Å². The lowest BCUT2D eigenvalue weighted by Gasteiger charge is -2.18. The second-order valence-corrected chi connectivity index (χ2v) is 5.13. The van der Waals surface area contributed by atoms with Gasteiger partial charge in [-0.2, -0.15) is 0 Å². The van der Waals surface area contributed by atoms with E-state index < -0.39 is 0 Å². The van der Waals surface area contributed by atoms with Crippen molar-refractivity contribution in [3.63, 3.8) is 0 Å². The molecule has 2 unspecified atom stereocenters. The van der Waals surface area contributed by atoms with Gasteiger partial charge in [0.05, 0.1) is 0 Å². The number of aliphatic hydroxyl groups is 1. The third kappa shape index (κ3) is 5.28. The Bertz CT molecular complexity index is 175. The first-order chi connectivity index (χ1) is 7.76. The third-order valence-electron chi connectivity index (χ3n) is 3.46. The summed E-state index contributed by atoms with van der Waals surface area (Å²) in [7, 11) is 0. The van der Waals surface area contributed by atoms with Crippen molar-refractivity contribution in [3.05, 3.63) is 0 Å². The molecule has 0 bridgehead atoms. The quantitative estimate of drug-likeness (QED) is 0.660. The number of aliphatic hydroxyl groups excluding tert-OH is 1. The molecule has 16 heavy (non-hydrogen) atoms. The van der Waals surface area contributed by atoms with Crippen molar-refractivity contribution >= 4 is 0 Å². The molecule has 0 aromatic carbocycles. The fourth-order valence-corrected chi connectivity index (χ4v) is 2.47. The van der Waals surface area contributed by atoms with Crippen LogP contribution in [0.25, 0.3) is 0 Å². The van der Waals surface area contributed by atoms with E-state index in [0.29, 0.717) is 12.6 Å². The molecule has 2 N–H and O–H groups in total. The van der Waals surface area contributed by atoms with E-state index in [1.807, 2.05) is 0 Å². The zero-order valence-electron chi connectivity index (χ0n) is 10.9. The van der Waals surface area contributed by atoms with Crippen molar-refractivity contribution in [1.29, 1.82) is 0 Å². The van der Waals surface area contributed by atoms with Gasteiger partial charge in [0.15, 0.2) is 0 Å². The van der Waals surface area contributed by atoms with Gasteiger partial charge in [0.2, 0.25) is 0 Å². The molecule has 3 heteroatoms. The Morgan fingerprint density at radius 1 is 1.50 bits per heavy atom. The largest absolute Gasteiger partial charge is 0.396 e. The molecule has 1 aliphatic heterocycles. The number of nitrogens with zero attached hydrogens (tertiary/aromatic N) is 1. The standard InChI is InChI=1S/C13H28N2O/c1-3-7-15-8-6-13(11-15)10-14-12(2)5-4-9-16/h12-14,16H,3-11H2,1-2H3. The van der Waals surface area contributed by atoms with Crippen LogP contribution in [0.4, 0.5) is 0 Å². The normalized spacial score (nSPS) is 23.8. The molecule has 0 radical (unpaired) electrons. The van der Waals surface area contributed by atoms with Crippen LogP contribution >= 0.6 is 0 Å². The minimum absolute atomic E-state index is 0.319. The maximum Gasteiger partial charge on any atom is 0.0431 e. The molecule has 0 spiro atoms. The number of rotatable bonds is 8. The van der Waals surface area contributed by atoms with Crippen molar-refractivity contribution in [2.75, 3.05) is 32.8 Å². The molecule has 2 atom stereocenters. The van der Waals surface area contributed by atoms with Crippen LogP contribution < -0.4 is 5.32 Å². The van der Waals surface area contributed by atoms with Crippen LogP contribution in [0, 0.1) is 5.92 Å². The Hall–Kier alpha value is -0.120. The summed E-state index contributed by atoms with van der Waals surface area (Å²) in [6, 6.07) is 0.548. The lowest BCUT2D eigenvalue weighted by Crippen LogP contribution is -2.32. The van der Waals surface area contributed by atoms with Crippen molar-refractivity contribution in [2.24, 2.45) is 5.92 Å². The highest BCUT2D eigenvalue weighted by Crippen LogP contribution is 2.15. The topological polar surface area (TPSA) is 35.5 Å². The lowest BCUT2D eigenvalue weighted by atomic mass is 10.1. The highest BCUT2D eigenvalue weighted by atomic mass is 16.2. The molecule has 1 rings (SSSR count). The monoisotopic (exact) mass is 228 g/mol. The molecule has 3 nitrogen and oxygen atoms in total. The van der Waals surface area contributed by atoms with Gasteiger partial charge in [-0.25, -0.2) is 0 Å². The van der Waals surface area contributed by atoms with E-state index in [9.17, 15) is 0 Å². The van der Waals surface area contributed by atoms with Gasteiger partial charge in [-0.3, -0.25) is 0 Å². The minimum atomic E-state index is 0.319. The summed E-state index contributed by atoms with van der Waals surface area (Å²) in [5, 5.41) is 12.3. The van der Waals surface area contributed by atoms with Crippen molar-refractivity contribution < 1.29 is 5.11 Å². The molecule has 96 valence electrons. The summed E-state index contributed by atoms with van der Waals surface area (Å²) in [4.78, 5) is 2.57. The molecule has 0 aromatic rings. The van der Waals surface area contributed by atoms with Crippen LogP contribution in [-0.2, 0) is 0 Å². The van der Waals surface area contributed by atoms with E-state index in [1.165, 1.54) is 32.5 Å². The second kappa shape index (κ2) is 8.04. The Labute approximate surface area is 100 Å². The van der Waals surface area contributed by atoms with Crippen molar-refractivity contribution in [2.45, 2.75) is 45.6 Å². The fraction of sp³-hybridized carbons (Fsp3) is 1.00. The molecule has 0 aromatic heterocycles. The molecule has 1 heterocycles.